The molecule has 0 saturated heterocycles. The Balaban J connectivity index is 1.79. The second-order valence-electron chi connectivity index (χ2n) is 4.79. The first-order chi connectivity index (χ1) is 9.13. The van der Waals surface area contributed by atoms with Crippen molar-refractivity contribution in [3.63, 3.8) is 0 Å². The minimum Gasteiger partial charge on any atom is -0.475 e. The van der Waals surface area contributed by atoms with E-state index < -0.39 is 0 Å². The first-order valence-corrected chi connectivity index (χ1v) is 6.51. The van der Waals surface area contributed by atoms with Crippen LogP contribution in [0.3, 0.4) is 0 Å². The van der Waals surface area contributed by atoms with Gasteiger partial charge >= 0.3 is 0 Å². The van der Waals surface area contributed by atoms with Crippen molar-refractivity contribution in [1.82, 2.24) is 10.3 Å². The summed E-state index contributed by atoms with van der Waals surface area (Å²) in [5.74, 6) is 2.55. The summed E-state index contributed by atoms with van der Waals surface area (Å²) in [5, 5.41) is 3.32. The first-order valence-electron chi connectivity index (χ1n) is 6.51. The fraction of sp³-hybridized carbons (Fsp3) is 0.400. The largest absolute Gasteiger partial charge is 0.475 e. The summed E-state index contributed by atoms with van der Waals surface area (Å²) in [6, 6.07) is 7.87. The van der Waals surface area contributed by atoms with Crippen molar-refractivity contribution in [2.24, 2.45) is 0 Å². The number of nitrogens with one attached hydrogen (secondary N) is 1. The van der Waals surface area contributed by atoms with Crippen LogP contribution < -0.4 is 10.1 Å². The van der Waals surface area contributed by atoms with Gasteiger partial charge in [0.2, 0.25) is 5.88 Å². The molecule has 1 N–H and O–H groups in total. The van der Waals surface area contributed by atoms with Crippen molar-refractivity contribution in [2.45, 2.75) is 40.0 Å². The number of pyridine rings is 1. The number of hydrogen-bond acceptors (Lipinski definition) is 4. The third kappa shape index (κ3) is 4.41. The van der Waals surface area contributed by atoms with Crippen molar-refractivity contribution >= 4 is 0 Å². The lowest BCUT2D eigenvalue weighted by atomic mass is 10.3. The maximum atomic E-state index is 5.50. The van der Waals surface area contributed by atoms with Crippen LogP contribution in [0, 0.1) is 6.92 Å². The molecule has 4 nitrogen and oxygen atoms in total. The number of aryl methyl sites for hydroxylation is 1. The van der Waals surface area contributed by atoms with Crippen molar-refractivity contribution in [2.75, 3.05) is 0 Å². The predicted molar refractivity (Wildman–Crippen MR) is 74.0 cm³/mol. The van der Waals surface area contributed by atoms with E-state index in [1.54, 1.807) is 0 Å². The molecular formula is C15H20N2O2. The van der Waals surface area contributed by atoms with Gasteiger partial charge in [-0.1, -0.05) is 6.07 Å². The molecule has 0 saturated carbocycles. The van der Waals surface area contributed by atoms with E-state index in [4.69, 9.17) is 9.15 Å². The number of rotatable bonds is 6. The summed E-state index contributed by atoms with van der Waals surface area (Å²) in [6.45, 7) is 7.40. The van der Waals surface area contributed by atoms with Crippen LogP contribution in [0.2, 0.25) is 0 Å². The monoisotopic (exact) mass is 260 g/mol. The average Bonchev–Trinajstić information content (AvgIpc) is 2.77. The highest BCUT2D eigenvalue weighted by Gasteiger charge is 2.01. The molecule has 0 unspecified atom stereocenters. The fourth-order valence-electron chi connectivity index (χ4n) is 1.74. The zero-order valence-electron chi connectivity index (χ0n) is 11.6. The van der Waals surface area contributed by atoms with E-state index >= 15 is 0 Å². The molecule has 0 aliphatic heterocycles. The van der Waals surface area contributed by atoms with Gasteiger partial charge in [0.1, 0.15) is 11.5 Å². The van der Waals surface area contributed by atoms with E-state index in [2.05, 4.69) is 10.3 Å². The van der Waals surface area contributed by atoms with Crippen molar-refractivity contribution in [3.8, 4) is 5.88 Å². The lowest BCUT2D eigenvalue weighted by Gasteiger charge is -2.09. The van der Waals surface area contributed by atoms with Crippen molar-refractivity contribution < 1.29 is 9.15 Å². The summed E-state index contributed by atoms with van der Waals surface area (Å²) < 4.78 is 11.0. The Hall–Kier alpha value is -1.81. The minimum absolute atomic E-state index is 0.152. The van der Waals surface area contributed by atoms with Gasteiger partial charge in [-0.15, -0.1) is 0 Å². The molecule has 0 atom stereocenters. The quantitative estimate of drug-likeness (QED) is 0.867. The molecule has 102 valence electrons. The van der Waals surface area contributed by atoms with Crippen LogP contribution in [0.15, 0.2) is 34.9 Å². The highest BCUT2D eigenvalue weighted by molar-refractivity contribution is 5.18. The van der Waals surface area contributed by atoms with Gasteiger partial charge in [-0.25, -0.2) is 4.98 Å². The number of ether oxygens (including phenoxy) is 1. The summed E-state index contributed by atoms with van der Waals surface area (Å²) in [6.07, 6.45) is 1.98. The van der Waals surface area contributed by atoms with Gasteiger partial charge in [0.25, 0.3) is 0 Å². The predicted octanol–water partition coefficient (Wildman–Crippen LogP) is 3.06. The average molecular weight is 260 g/mol. The lowest BCUT2D eigenvalue weighted by Crippen LogP contribution is -2.12. The molecule has 0 radical (unpaired) electrons. The van der Waals surface area contributed by atoms with Crippen LogP contribution in [-0.2, 0) is 13.1 Å². The van der Waals surface area contributed by atoms with Crippen LogP contribution >= 0.6 is 0 Å². The van der Waals surface area contributed by atoms with E-state index in [0.717, 1.165) is 30.2 Å². The van der Waals surface area contributed by atoms with E-state index in [0.29, 0.717) is 5.88 Å². The number of furan rings is 1. The highest BCUT2D eigenvalue weighted by atomic mass is 16.5. The van der Waals surface area contributed by atoms with Gasteiger partial charge < -0.3 is 14.5 Å². The first kappa shape index (κ1) is 13.6. The van der Waals surface area contributed by atoms with Crippen LogP contribution in [0.5, 0.6) is 5.88 Å². The minimum atomic E-state index is 0.152. The third-order valence-electron chi connectivity index (χ3n) is 2.58. The second-order valence-corrected chi connectivity index (χ2v) is 4.79. The molecule has 2 aromatic rings. The normalized spacial score (nSPS) is 10.9. The van der Waals surface area contributed by atoms with E-state index in [1.807, 2.05) is 51.2 Å². The molecule has 0 fully saturated rings. The number of hydrogen-bond donors (Lipinski definition) is 1. The van der Waals surface area contributed by atoms with Gasteiger partial charge in [0.15, 0.2) is 0 Å². The summed E-state index contributed by atoms with van der Waals surface area (Å²) in [5.41, 5.74) is 1.12. The van der Waals surface area contributed by atoms with Crippen LogP contribution in [0.25, 0.3) is 0 Å². The Morgan fingerprint density at radius 3 is 2.63 bits per heavy atom. The number of aromatic nitrogens is 1. The summed E-state index contributed by atoms with van der Waals surface area (Å²) in [4.78, 5) is 4.26. The van der Waals surface area contributed by atoms with Crippen LogP contribution in [0.1, 0.15) is 30.9 Å². The van der Waals surface area contributed by atoms with Gasteiger partial charge in [0, 0.05) is 18.8 Å². The topological polar surface area (TPSA) is 47.3 Å². The van der Waals surface area contributed by atoms with Crippen LogP contribution in [0.4, 0.5) is 0 Å². The van der Waals surface area contributed by atoms with Crippen molar-refractivity contribution in [1.29, 1.82) is 0 Å². The Kier molecular flexibility index (Phi) is 4.58. The SMILES string of the molecule is Cc1ccc(CNCc2ccc(OC(C)C)nc2)o1. The zero-order valence-corrected chi connectivity index (χ0v) is 11.6. The maximum absolute atomic E-state index is 5.50. The van der Waals surface area contributed by atoms with E-state index in [1.165, 1.54) is 0 Å². The number of nitrogens with zero attached hydrogens (tertiary/aromatic N) is 1. The third-order valence-corrected chi connectivity index (χ3v) is 2.58. The van der Waals surface area contributed by atoms with E-state index in [-0.39, 0.29) is 6.10 Å². The van der Waals surface area contributed by atoms with Gasteiger partial charge in [-0.3, -0.25) is 0 Å². The van der Waals surface area contributed by atoms with Crippen molar-refractivity contribution in [3.05, 3.63) is 47.5 Å². The molecule has 0 bridgehead atoms. The Morgan fingerprint density at radius 1 is 1.21 bits per heavy atom. The molecule has 0 aliphatic rings. The molecule has 0 aliphatic carbocycles. The molecule has 4 heteroatoms. The maximum Gasteiger partial charge on any atom is 0.213 e. The van der Waals surface area contributed by atoms with E-state index in [9.17, 15) is 0 Å². The fourth-order valence-corrected chi connectivity index (χ4v) is 1.74. The molecular weight excluding hydrogens is 240 g/mol. The van der Waals surface area contributed by atoms with Gasteiger partial charge in [-0.05, 0) is 38.5 Å². The smallest absolute Gasteiger partial charge is 0.213 e. The van der Waals surface area contributed by atoms with Gasteiger partial charge in [-0.2, -0.15) is 0 Å². The molecule has 0 amide bonds. The molecule has 19 heavy (non-hydrogen) atoms. The molecule has 2 heterocycles. The highest BCUT2D eigenvalue weighted by Crippen LogP contribution is 2.10. The second kappa shape index (κ2) is 6.38. The van der Waals surface area contributed by atoms with Crippen LogP contribution in [-0.4, -0.2) is 11.1 Å². The zero-order chi connectivity index (χ0) is 13.7. The molecule has 0 spiro atoms. The molecule has 2 aromatic heterocycles. The molecule has 2 rings (SSSR count). The Labute approximate surface area is 113 Å². The Morgan fingerprint density at radius 2 is 2.05 bits per heavy atom. The summed E-state index contributed by atoms with van der Waals surface area (Å²) >= 11 is 0. The Bertz CT molecular complexity index is 503. The standard InChI is InChI=1S/C15H20N2O2/c1-11(2)18-15-7-5-13(9-17-15)8-16-10-14-6-4-12(3)19-14/h4-7,9,11,16H,8,10H2,1-3H3. The summed E-state index contributed by atoms with van der Waals surface area (Å²) in [7, 11) is 0. The van der Waals surface area contributed by atoms with Gasteiger partial charge in [0.05, 0.1) is 12.6 Å². The lowest BCUT2D eigenvalue weighted by molar-refractivity contribution is 0.232. The molecule has 0 aromatic carbocycles.